The van der Waals surface area contributed by atoms with E-state index in [1.807, 2.05) is 37.4 Å². The van der Waals surface area contributed by atoms with Crippen molar-refractivity contribution in [3.05, 3.63) is 76.0 Å². The van der Waals surface area contributed by atoms with Crippen molar-refractivity contribution >= 4 is 22.7 Å². The van der Waals surface area contributed by atoms with E-state index in [0.29, 0.717) is 28.9 Å². The number of aliphatic hydroxyl groups is 1. The number of fused-ring (bicyclic) bond motifs is 2. The number of benzene rings is 2. The molecule has 4 N–H and O–H groups in total. The highest BCUT2D eigenvalue weighted by atomic mass is 16.3. The lowest BCUT2D eigenvalue weighted by molar-refractivity contribution is 0.0857. The summed E-state index contributed by atoms with van der Waals surface area (Å²) in [6, 6.07) is 13.6. The van der Waals surface area contributed by atoms with Gasteiger partial charge in [0.25, 0.3) is 5.91 Å². The fourth-order valence-electron chi connectivity index (χ4n) is 6.77. The summed E-state index contributed by atoms with van der Waals surface area (Å²) >= 11 is 0. The third kappa shape index (κ3) is 4.94. The predicted octanol–water partition coefficient (Wildman–Crippen LogP) is 3.80. The Kier molecular flexibility index (Phi) is 6.68. The fraction of sp³-hybridized carbons (Fsp3) is 0.469. The predicted molar refractivity (Wildman–Crippen MR) is 152 cm³/mol. The first kappa shape index (κ1) is 26.0. The summed E-state index contributed by atoms with van der Waals surface area (Å²) in [4.78, 5) is 33.0. The van der Waals surface area contributed by atoms with Crippen LogP contribution in [0.1, 0.15) is 81.6 Å². The minimum Gasteiger partial charge on any atom is -0.396 e. The van der Waals surface area contributed by atoms with E-state index in [-0.39, 0.29) is 24.5 Å². The molecule has 0 spiro atoms. The summed E-state index contributed by atoms with van der Waals surface area (Å²) in [5.74, 6) is -0.269. The third-order valence-corrected chi connectivity index (χ3v) is 9.41. The molecule has 1 aromatic heterocycles. The molecule has 204 valence electrons. The summed E-state index contributed by atoms with van der Waals surface area (Å²) in [6.07, 6.45) is 6.15. The SMILES string of the molecule is CN1CC(NC(=O)c2cccc([C@@H](CCO)c3c(C(N)=O)ccc4nc5c(cc34)CC(C3(C)CC3)CC5)c2)C1. The second-order valence-electron chi connectivity index (χ2n) is 12.2. The Morgan fingerprint density at radius 3 is 2.69 bits per heavy atom. The number of nitrogens with two attached hydrogens (primary N) is 1. The Labute approximate surface area is 229 Å². The average molecular weight is 527 g/mol. The number of carbonyl (C=O) groups excluding carboxylic acids is 2. The van der Waals surface area contributed by atoms with E-state index in [9.17, 15) is 14.7 Å². The number of nitrogens with one attached hydrogen (secondary N) is 1. The molecule has 2 aromatic carbocycles. The molecule has 3 aromatic rings. The van der Waals surface area contributed by atoms with Crippen LogP contribution < -0.4 is 11.1 Å². The van der Waals surface area contributed by atoms with Gasteiger partial charge in [-0.1, -0.05) is 19.1 Å². The van der Waals surface area contributed by atoms with Gasteiger partial charge in [0.2, 0.25) is 5.91 Å². The molecule has 7 nitrogen and oxygen atoms in total. The van der Waals surface area contributed by atoms with Crippen LogP contribution in [0.4, 0.5) is 0 Å². The Bertz CT molecular complexity index is 1440. The van der Waals surface area contributed by atoms with Crippen LogP contribution >= 0.6 is 0 Å². The lowest BCUT2D eigenvalue weighted by atomic mass is 9.76. The van der Waals surface area contributed by atoms with Gasteiger partial charge in [-0.25, -0.2) is 0 Å². The summed E-state index contributed by atoms with van der Waals surface area (Å²) < 4.78 is 0. The number of hydrogen-bond acceptors (Lipinski definition) is 5. The van der Waals surface area contributed by atoms with E-state index in [4.69, 9.17) is 10.7 Å². The first-order valence-corrected chi connectivity index (χ1v) is 14.2. The highest BCUT2D eigenvalue weighted by molar-refractivity contribution is 6.01. The molecule has 1 aliphatic heterocycles. The molecule has 39 heavy (non-hydrogen) atoms. The standard InChI is InChI=1S/C32H38N4O3/c1-32(11-12-32)22-6-8-27-21(15-22)16-26-28(35-27)9-7-25(30(33)38)29(26)24(10-13-37)19-4-3-5-20(14-19)31(39)34-23-17-36(2)18-23/h3-5,7,9,14,16,22-24,37H,6,8,10-13,15,17-18H2,1-2H3,(H2,33,38)(H,34,39)/t22?,24-/m1/s1. The molecular weight excluding hydrogens is 488 g/mol. The van der Waals surface area contributed by atoms with Crippen molar-refractivity contribution in [1.82, 2.24) is 15.2 Å². The topological polar surface area (TPSA) is 109 Å². The van der Waals surface area contributed by atoms with Gasteiger partial charge >= 0.3 is 0 Å². The molecule has 2 aliphatic carbocycles. The highest BCUT2D eigenvalue weighted by Crippen LogP contribution is 2.55. The van der Waals surface area contributed by atoms with Gasteiger partial charge < -0.3 is 21.1 Å². The van der Waals surface area contributed by atoms with E-state index in [1.165, 1.54) is 24.8 Å². The van der Waals surface area contributed by atoms with Crippen molar-refractivity contribution in [2.45, 2.75) is 57.4 Å². The lowest BCUT2D eigenvalue weighted by Gasteiger charge is -2.36. The number of carbonyl (C=O) groups is 2. The van der Waals surface area contributed by atoms with Gasteiger partial charge in [0.05, 0.1) is 11.6 Å². The largest absolute Gasteiger partial charge is 0.396 e. The normalized spacial score (nSPS) is 21.2. The monoisotopic (exact) mass is 526 g/mol. The summed E-state index contributed by atoms with van der Waals surface area (Å²) in [6.45, 7) is 4.02. The number of pyridine rings is 1. The molecule has 3 aliphatic rings. The molecule has 7 heteroatoms. The number of rotatable bonds is 8. The maximum atomic E-state index is 13.0. The average Bonchev–Trinajstić information content (AvgIpc) is 3.67. The number of hydrogen-bond donors (Lipinski definition) is 3. The number of aryl methyl sites for hydroxylation is 1. The zero-order chi connectivity index (χ0) is 27.3. The molecule has 0 bridgehead atoms. The van der Waals surface area contributed by atoms with Crippen LogP contribution in [-0.4, -0.2) is 59.6 Å². The van der Waals surface area contributed by atoms with E-state index < -0.39 is 5.91 Å². The van der Waals surface area contributed by atoms with Crippen molar-refractivity contribution in [1.29, 1.82) is 0 Å². The Balaban J connectivity index is 1.42. The van der Waals surface area contributed by atoms with E-state index >= 15 is 0 Å². The Hall–Kier alpha value is -3.29. The zero-order valence-electron chi connectivity index (χ0n) is 22.9. The van der Waals surface area contributed by atoms with Crippen LogP contribution in [0.3, 0.4) is 0 Å². The number of aliphatic hydroxyl groups excluding tert-OH is 1. The smallest absolute Gasteiger partial charge is 0.251 e. The van der Waals surface area contributed by atoms with Gasteiger partial charge in [-0.2, -0.15) is 0 Å². The maximum absolute atomic E-state index is 13.0. The summed E-state index contributed by atoms with van der Waals surface area (Å²) in [5, 5.41) is 14.1. The highest BCUT2D eigenvalue weighted by Gasteiger charge is 2.45. The zero-order valence-corrected chi connectivity index (χ0v) is 22.9. The molecule has 1 saturated carbocycles. The van der Waals surface area contributed by atoms with Gasteiger partial charge in [0.1, 0.15) is 0 Å². The van der Waals surface area contributed by atoms with Crippen molar-refractivity contribution in [3.8, 4) is 0 Å². The minimum atomic E-state index is -0.501. The van der Waals surface area contributed by atoms with Crippen molar-refractivity contribution < 1.29 is 14.7 Å². The van der Waals surface area contributed by atoms with Gasteiger partial charge in [-0.3, -0.25) is 14.6 Å². The van der Waals surface area contributed by atoms with E-state index in [0.717, 1.165) is 53.7 Å². The maximum Gasteiger partial charge on any atom is 0.251 e. The second-order valence-corrected chi connectivity index (χ2v) is 12.2. The number of likely N-dealkylation sites (tertiary alicyclic amines) is 1. The number of amides is 2. The molecule has 1 unspecified atom stereocenters. The lowest BCUT2D eigenvalue weighted by Crippen LogP contribution is -2.57. The molecule has 0 radical (unpaired) electrons. The van der Waals surface area contributed by atoms with Gasteiger partial charge in [0, 0.05) is 47.8 Å². The van der Waals surface area contributed by atoms with E-state index in [2.05, 4.69) is 23.2 Å². The van der Waals surface area contributed by atoms with Crippen molar-refractivity contribution in [2.24, 2.45) is 17.1 Å². The van der Waals surface area contributed by atoms with Crippen LogP contribution in [0, 0.1) is 11.3 Å². The Morgan fingerprint density at radius 2 is 2.00 bits per heavy atom. The molecule has 2 amide bonds. The third-order valence-electron chi connectivity index (χ3n) is 9.41. The van der Waals surface area contributed by atoms with Gasteiger partial charge in [-0.15, -0.1) is 0 Å². The summed E-state index contributed by atoms with van der Waals surface area (Å²) in [7, 11) is 2.03. The molecule has 1 saturated heterocycles. The van der Waals surface area contributed by atoms with Crippen LogP contribution in [-0.2, 0) is 12.8 Å². The van der Waals surface area contributed by atoms with Crippen molar-refractivity contribution in [3.63, 3.8) is 0 Å². The first-order valence-electron chi connectivity index (χ1n) is 14.2. The molecular formula is C32H38N4O3. The second kappa shape index (κ2) is 10.0. The number of likely N-dealkylation sites (N-methyl/N-ethyl adjacent to an activating group) is 1. The molecule has 2 atom stereocenters. The first-order chi connectivity index (χ1) is 18.8. The van der Waals surface area contributed by atoms with Gasteiger partial charge in [-0.05, 0) is 104 Å². The van der Waals surface area contributed by atoms with Gasteiger partial charge in [0.15, 0.2) is 0 Å². The number of primary amides is 1. The molecule has 2 fully saturated rings. The molecule has 6 rings (SSSR count). The Morgan fingerprint density at radius 1 is 1.21 bits per heavy atom. The minimum absolute atomic E-state index is 0.0666. The number of aromatic nitrogens is 1. The van der Waals surface area contributed by atoms with Crippen LogP contribution in [0.5, 0.6) is 0 Å². The van der Waals surface area contributed by atoms with E-state index in [1.54, 1.807) is 6.07 Å². The van der Waals surface area contributed by atoms with Crippen LogP contribution in [0.2, 0.25) is 0 Å². The fourth-order valence-corrected chi connectivity index (χ4v) is 6.77. The molecule has 2 heterocycles. The van der Waals surface area contributed by atoms with Crippen LogP contribution in [0.15, 0.2) is 42.5 Å². The quantitative estimate of drug-likeness (QED) is 0.414. The number of nitrogens with zero attached hydrogens (tertiary/aromatic N) is 2. The van der Waals surface area contributed by atoms with Crippen molar-refractivity contribution in [2.75, 3.05) is 26.7 Å². The summed E-state index contributed by atoms with van der Waals surface area (Å²) in [5.41, 5.74) is 12.3. The van der Waals surface area contributed by atoms with Crippen LogP contribution in [0.25, 0.3) is 10.9 Å².